The highest BCUT2D eigenvalue weighted by Crippen LogP contribution is 2.09. The standard InChI is InChI=1S/C11H21NO/c1-9(2)7-5-4-6-8-10(3)11(12)13/h8-9H,4-7H2,1-3H3,(H2,12,13). The van der Waals surface area contributed by atoms with E-state index < -0.39 is 0 Å². The highest BCUT2D eigenvalue weighted by Gasteiger charge is 1.96. The van der Waals surface area contributed by atoms with Crippen LogP contribution in [-0.4, -0.2) is 5.91 Å². The van der Waals surface area contributed by atoms with Gasteiger partial charge >= 0.3 is 0 Å². The first-order valence-corrected chi connectivity index (χ1v) is 5.00. The number of carbonyl (C=O) groups excluding carboxylic acids is 1. The molecule has 0 saturated heterocycles. The van der Waals surface area contributed by atoms with Gasteiger partial charge in [-0.3, -0.25) is 4.79 Å². The lowest BCUT2D eigenvalue weighted by Crippen LogP contribution is -2.11. The van der Waals surface area contributed by atoms with Crippen LogP contribution in [0.3, 0.4) is 0 Å². The first-order chi connectivity index (χ1) is 6.04. The van der Waals surface area contributed by atoms with Crippen molar-refractivity contribution in [3.05, 3.63) is 11.6 Å². The molecule has 1 amide bonds. The zero-order valence-corrected chi connectivity index (χ0v) is 8.97. The Morgan fingerprint density at radius 3 is 2.46 bits per heavy atom. The van der Waals surface area contributed by atoms with E-state index in [1.54, 1.807) is 6.92 Å². The van der Waals surface area contributed by atoms with Gasteiger partial charge in [-0.15, -0.1) is 0 Å². The fraction of sp³-hybridized carbons (Fsp3) is 0.727. The predicted octanol–water partition coefficient (Wildman–Crippen LogP) is 2.63. The second kappa shape index (κ2) is 6.70. The average Bonchev–Trinajstić information content (AvgIpc) is 2.02. The zero-order valence-electron chi connectivity index (χ0n) is 8.97. The monoisotopic (exact) mass is 183 g/mol. The minimum Gasteiger partial charge on any atom is -0.366 e. The highest BCUT2D eigenvalue weighted by molar-refractivity contribution is 5.91. The van der Waals surface area contributed by atoms with E-state index in [1.807, 2.05) is 6.08 Å². The van der Waals surface area contributed by atoms with Crippen LogP contribution < -0.4 is 5.73 Å². The minimum absolute atomic E-state index is 0.302. The summed E-state index contributed by atoms with van der Waals surface area (Å²) in [5.74, 6) is 0.477. The molecule has 2 N–H and O–H groups in total. The first-order valence-electron chi connectivity index (χ1n) is 5.00. The molecule has 0 rings (SSSR count). The Morgan fingerprint density at radius 1 is 1.38 bits per heavy atom. The maximum atomic E-state index is 10.6. The van der Waals surface area contributed by atoms with Gasteiger partial charge in [0.25, 0.3) is 0 Å². The minimum atomic E-state index is -0.302. The number of amides is 1. The molecule has 0 aromatic heterocycles. The summed E-state index contributed by atoms with van der Waals surface area (Å²) in [6.07, 6.45) is 6.57. The van der Waals surface area contributed by atoms with Crippen LogP contribution >= 0.6 is 0 Å². The number of primary amides is 1. The first kappa shape index (κ1) is 12.2. The van der Waals surface area contributed by atoms with Crippen molar-refractivity contribution in [2.24, 2.45) is 11.7 Å². The van der Waals surface area contributed by atoms with Gasteiger partial charge in [-0.05, 0) is 25.7 Å². The predicted molar refractivity (Wildman–Crippen MR) is 56.3 cm³/mol. The van der Waals surface area contributed by atoms with Gasteiger partial charge in [0.2, 0.25) is 5.91 Å². The second-order valence-electron chi connectivity index (χ2n) is 3.93. The maximum Gasteiger partial charge on any atom is 0.244 e. The quantitative estimate of drug-likeness (QED) is 0.499. The Bertz CT molecular complexity index is 183. The van der Waals surface area contributed by atoms with E-state index in [1.165, 1.54) is 12.8 Å². The molecule has 13 heavy (non-hydrogen) atoms. The molecule has 0 aromatic rings. The molecule has 0 atom stereocenters. The lowest BCUT2D eigenvalue weighted by atomic mass is 10.0. The number of hydrogen-bond donors (Lipinski definition) is 1. The van der Waals surface area contributed by atoms with Gasteiger partial charge in [0.05, 0.1) is 0 Å². The van der Waals surface area contributed by atoms with Crippen molar-refractivity contribution in [1.29, 1.82) is 0 Å². The molecule has 0 fully saturated rings. The van der Waals surface area contributed by atoms with E-state index in [0.717, 1.165) is 18.8 Å². The van der Waals surface area contributed by atoms with Crippen LogP contribution in [0.15, 0.2) is 11.6 Å². The average molecular weight is 183 g/mol. The molecular formula is C11H21NO. The normalized spacial score (nSPS) is 12.2. The number of allylic oxidation sites excluding steroid dienone is 1. The van der Waals surface area contributed by atoms with Crippen molar-refractivity contribution in [2.75, 3.05) is 0 Å². The lowest BCUT2D eigenvalue weighted by molar-refractivity contribution is -0.114. The molecule has 0 unspecified atom stereocenters. The van der Waals surface area contributed by atoms with Crippen LogP contribution in [0, 0.1) is 5.92 Å². The number of unbranched alkanes of at least 4 members (excludes halogenated alkanes) is 2. The summed E-state index contributed by atoms with van der Waals surface area (Å²) in [4.78, 5) is 10.6. The third-order valence-corrected chi connectivity index (χ3v) is 2.07. The molecule has 76 valence electrons. The smallest absolute Gasteiger partial charge is 0.244 e. The fourth-order valence-electron chi connectivity index (χ4n) is 1.12. The van der Waals surface area contributed by atoms with Crippen molar-refractivity contribution in [1.82, 2.24) is 0 Å². The largest absolute Gasteiger partial charge is 0.366 e. The Labute approximate surface area is 81.2 Å². The molecule has 2 nitrogen and oxygen atoms in total. The fourth-order valence-corrected chi connectivity index (χ4v) is 1.12. The summed E-state index contributed by atoms with van der Waals surface area (Å²) in [7, 11) is 0. The van der Waals surface area contributed by atoms with E-state index in [4.69, 9.17) is 5.73 Å². The van der Waals surface area contributed by atoms with E-state index in [9.17, 15) is 4.79 Å². The highest BCUT2D eigenvalue weighted by atomic mass is 16.1. The molecule has 2 heteroatoms. The third-order valence-electron chi connectivity index (χ3n) is 2.07. The van der Waals surface area contributed by atoms with Crippen LogP contribution in [0.5, 0.6) is 0 Å². The van der Waals surface area contributed by atoms with Crippen molar-refractivity contribution in [3.8, 4) is 0 Å². The Hall–Kier alpha value is -0.790. The summed E-state index contributed by atoms with van der Waals surface area (Å²) in [5, 5.41) is 0. The maximum absolute atomic E-state index is 10.6. The van der Waals surface area contributed by atoms with Gasteiger partial charge in [-0.1, -0.05) is 32.8 Å². The zero-order chi connectivity index (χ0) is 10.3. The van der Waals surface area contributed by atoms with E-state index in [-0.39, 0.29) is 5.91 Å². The topological polar surface area (TPSA) is 43.1 Å². The van der Waals surface area contributed by atoms with Gasteiger partial charge in [0.15, 0.2) is 0 Å². The molecule has 0 radical (unpaired) electrons. The summed E-state index contributed by atoms with van der Waals surface area (Å²) in [5.41, 5.74) is 5.78. The van der Waals surface area contributed by atoms with Crippen molar-refractivity contribution in [3.63, 3.8) is 0 Å². The van der Waals surface area contributed by atoms with Crippen LogP contribution in [0.1, 0.15) is 46.5 Å². The molecule has 0 aliphatic rings. The lowest BCUT2D eigenvalue weighted by Gasteiger charge is -2.02. The Kier molecular flexibility index (Phi) is 6.29. The van der Waals surface area contributed by atoms with Gasteiger partial charge in [-0.25, -0.2) is 0 Å². The second-order valence-corrected chi connectivity index (χ2v) is 3.93. The Morgan fingerprint density at radius 2 is 2.00 bits per heavy atom. The number of rotatable bonds is 6. The van der Waals surface area contributed by atoms with E-state index in [2.05, 4.69) is 13.8 Å². The summed E-state index contributed by atoms with van der Waals surface area (Å²) in [6, 6.07) is 0. The summed E-state index contributed by atoms with van der Waals surface area (Å²) < 4.78 is 0. The van der Waals surface area contributed by atoms with E-state index in [0.29, 0.717) is 5.57 Å². The van der Waals surface area contributed by atoms with Gasteiger partial charge < -0.3 is 5.73 Å². The number of nitrogens with two attached hydrogens (primary N) is 1. The number of hydrogen-bond acceptors (Lipinski definition) is 1. The molecule has 0 bridgehead atoms. The molecular weight excluding hydrogens is 162 g/mol. The SMILES string of the molecule is CC(=CCCCCC(C)C)C(N)=O. The molecule has 0 heterocycles. The van der Waals surface area contributed by atoms with E-state index >= 15 is 0 Å². The van der Waals surface area contributed by atoms with Crippen LogP contribution in [0.25, 0.3) is 0 Å². The molecule has 0 saturated carbocycles. The molecule has 0 spiro atoms. The molecule has 0 aliphatic heterocycles. The molecule has 0 aliphatic carbocycles. The summed E-state index contributed by atoms with van der Waals surface area (Å²) >= 11 is 0. The van der Waals surface area contributed by atoms with Gasteiger partial charge in [-0.2, -0.15) is 0 Å². The Balaban J connectivity index is 3.45. The van der Waals surface area contributed by atoms with Crippen LogP contribution in [0.2, 0.25) is 0 Å². The summed E-state index contributed by atoms with van der Waals surface area (Å²) in [6.45, 7) is 6.22. The van der Waals surface area contributed by atoms with Gasteiger partial charge in [0, 0.05) is 5.57 Å². The van der Waals surface area contributed by atoms with Crippen molar-refractivity contribution >= 4 is 5.91 Å². The van der Waals surface area contributed by atoms with Crippen molar-refractivity contribution in [2.45, 2.75) is 46.5 Å². The number of carbonyl (C=O) groups is 1. The molecule has 0 aromatic carbocycles. The van der Waals surface area contributed by atoms with Crippen LogP contribution in [-0.2, 0) is 4.79 Å². The van der Waals surface area contributed by atoms with Crippen LogP contribution in [0.4, 0.5) is 0 Å². The third kappa shape index (κ3) is 7.57. The van der Waals surface area contributed by atoms with Gasteiger partial charge in [0.1, 0.15) is 0 Å². The van der Waals surface area contributed by atoms with Crippen molar-refractivity contribution < 1.29 is 4.79 Å².